The highest BCUT2D eigenvalue weighted by atomic mass is 16.5. The van der Waals surface area contributed by atoms with Crippen molar-refractivity contribution in [2.75, 3.05) is 0 Å². The number of hydrogen-bond donors (Lipinski definition) is 1. The number of benzene rings is 4. The third kappa shape index (κ3) is 3.24. The number of hydrogen-bond acceptors (Lipinski definition) is 2. The van der Waals surface area contributed by atoms with Gasteiger partial charge in [-0.2, -0.15) is 0 Å². The smallest absolute Gasteiger partial charge is 0.337 e. The normalized spacial score (nSPS) is 11.4. The molecule has 142 valence electrons. The number of fused-ring (bicyclic) bond motifs is 3. The number of aromatic nitrogens is 1. The molecular formula is C25H19NO3. The van der Waals surface area contributed by atoms with Gasteiger partial charge in [0.15, 0.2) is 0 Å². The lowest BCUT2D eigenvalue weighted by molar-refractivity contribution is 0.0654. The van der Waals surface area contributed by atoms with Crippen LogP contribution in [0.2, 0.25) is 0 Å². The van der Waals surface area contributed by atoms with Crippen LogP contribution in [0, 0.1) is 0 Å². The summed E-state index contributed by atoms with van der Waals surface area (Å²) in [5.74, 6) is -0.933. The second-order valence-electron chi connectivity index (χ2n) is 7.20. The highest BCUT2D eigenvalue weighted by Crippen LogP contribution is 2.30. The van der Waals surface area contributed by atoms with Crippen LogP contribution in [-0.4, -0.2) is 15.6 Å². The molecule has 4 aromatic carbocycles. The average Bonchev–Trinajstić information content (AvgIpc) is 3.09. The minimum Gasteiger partial charge on any atom is -0.478 e. The Bertz CT molecular complexity index is 1350. The predicted octanol–water partition coefficient (Wildman–Crippen LogP) is 5.82. The number of ether oxygens (including phenoxy) is 1. The van der Waals surface area contributed by atoms with Crippen LogP contribution in [0.4, 0.5) is 0 Å². The molecule has 5 rings (SSSR count). The highest BCUT2D eigenvalue weighted by molar-refractivity contribution is 6.10. The van der Waals surface area contributed by atoms with Gasteiger partial charge in [0.1, 0.15) is 6.73 Å². The van der Waals surface area contributed by atoms with E-state index in [0.717, 1.165) is 38.0 Å². The number of nitrogens with zero attached hydrogens (tertiary/aromatic N) is 1. The van der Waals surface area contributed by atoms with E-state index >= 15 is 0 Å². The van der Waals surface area contributed by atoms with Gasteiger partial charge in [-0.15, -0.1) is 0 Å². The SMILES string of the molecule is O=C(O)c1cn(COCc2ccccc2)c2cc3cc4ccccc4cc3cc12. The number of aromatic carboxylic acids is 1. The maximum absolute atomic E-state index is 11.8. The Labute approximate surface area is 167 Å². The highest BCUT2D eigenvalue weighted by Gasteiger charge is 2.15. The topological polar surface area (TPSA) is 51.5 Å². The molecule has 0 aliphatic heterocycles. The minimum atomic E-state index is -0.933. The van der Waals surface area contributed by atoms with E-state index in [1.807, 2.05) is 53.1 Å². The van der Waals surface area contributed by atoms with Gasteiger partial charge >= 0.3 is 5.97 Å². The van der Waals surface area contributed by atoms with Crippen molar-refractivity contribution in [1.82, 2.24) is 4.57 Å². The molecular weight excluding hydrogens is 362 g/mol. The average molecular weight is 381 g/mol. The maximum atomic E-state index is 11.8. The van der Waals surface area contributed by atoms with Crippen LogP contribution in [0.5, 0.6) is 0 Å². The Morgan fingerprint density at radius 3 is 2.17 bits per heavy atom. The van der Waals surface area contributed by atoms with Gasteiger partial charge in [-0.1, -0.05) is 54.6 Å². The van der Waals surface area contributed by atoms with Crippen molar-refractivity contribution in [3.63, 3.8) is 0 Å². The zero-order chi connectivity index (χ0) is 19.8. The minimum absolute atomic E-state index is 0.289. The van der Waals surface area contributed by atoms with Crippen molar-refractivity contribution >= 4 is 38.4 Å². The fourth-order valence-corrected chi connectivity index (χ4v) is 3.84. The van der Waals surface area contributed by atoms with E-state index in [-0.39, 0.29) is 6.73 Å². The first-order chi connectivity index (χ1) is 14.2. The second-order valence-corrected chi connectivity index (χ2v) is 7.20. The van der Waals surface area contributed by atoms with E-state index in [1.165, 1.54) is 0 Å². The third-order valence-corrected chi connectivity index (χ3v) is 5.28. The molecule has 0 radical (unpaired) electrons. The van der Waals surface area contributed by atoms with Gasteiger partial charge in [0.05, 0.1) is 17.7 Å². The van der Waals surface area contributed by atoms with E-state index < -0.39 is 5.97 Å². The molecule has 4 heteroatoms. The van der Waals surface area contributed by atoms with Gasteiger partial charge in [0.2, 0.25) is 0 Å². The number of carboxylic acid groups (broad SMARTS) is 1. The van der Waals surface area contributed by atoms with Gasteiger partial charge in [0, 0.05) is 11.6 Å². The van der Waals surface area contributed by atoms with Gasteiger partial charge < -0.3 is 14.4 Å². The fraction of sp³-hybridized carbons (Fsp3) is 0.0800. The molecule has 1 heterocycles. The summed E-state index contributed by atoms with van der Waals surface area (Å²) in [6.07, 6.45) is 1.66. The Balaban J connectivity index is 1.58. The Morgan fingerprint density at radius 2 is 1.48 bits per heavy atom. The summed E-state index contributed by atoms with van der Waals surface area (Å²) in [6, 6.07) is 26.4. The van der Waals surface area contributed by atoms with Crippen LogP contribution < -0.4 is 0 Å². The van der Waals surface area contributed by atoms with Gasteiger partial charge in [0.25, 0.3) is 0 Å². The lowest BCUT2D eigenvalue weighted by Crippen LogP contribution is -2.02. The first-order valence-corrected chi connectivity index (χ1v) is 9.49. The fourth-order valence-electron chi connectivity index (χ4n) is 3.84. The molecule has 0 saturated heterocycles. The molecule has 1 N–H and O–H groups in total. The van der Waals surface area contributed by atoms with E-state index in [4.69, 9.17) is 4.74 Å². The summed E-state index contributed by atoms with van der Waals surface area (Å²) in [7, 11) is 0. The summed E-state index contributed by atoms with van der Waals surface area (Å²) in [4.78, 5) is 11.8. The largest absolute Gasteiger partial charge is 0.478 e. The molecule has 0 amide bonds. The first-order valence-electron chi connectivity index (χ1n) is 9.49. The zero-order valence-electron chi connectivity index (χ0n) is 15.7. The lowest BCUT2D eigenvalue weighted by Gasteiger charge is -2.08. The van der Waals surface area contributed by atoms with E-state index in [1.54, 1.807) is 6.20 Å². The van der Waals surface area contributed by atoms with Crippen LogP contribution in [0.15, 0.2) is 85.1 Å². The Hall–Kier alpha value is -3.63. The molecule has 0 aliphatic carbocycles. The molecule has 29 heavy (non-hydrogen) atoms. The third-order valence-electron chi connectivity index (χ3n) is 5.28. The summed E-state index contributed by atoms with van der Waals surface area (Å²) in [5.41, 5.74) is 2.23. The Kier molecular flexibility index (Phi) is 4.26. The van der Waals surface area contributed by atoms with Crippen molar-refractivity contribution in [3.8, 4) is 0 Å². The van der Waals surface area contributed by atoms with Crippen LogP contribution in [0.25, 0.3) is 32.4 Å². The van der Waals surface area contributed by atoms with Crippen LogP contribution in [-0.2, 0) is 18.1 Å². The maximum Gasteiger partial charge on any atom is 0.337 e. The second kappa shape index (κ2) is 7.08. The van der Waals surface area contributed by atoms with Gasteiger partial charge in [-0.25, -0.2) is 4.79 Å². The van der Waals surface area contributed by atoms with Crippen molar-refractivity contribution < 1.29 is 14.6 Å². The molecule has 0 saturated carbocycles. The summed E-state index contributed by atoms with van der Waals surface area (Å²) in [6.45, 7) is 0.763. The number of carboxylic acids is 1. The summed E-state index contributed by atoms with van der Waals surface area (Å²) < 4.78 is 7.73. The molecule has 0 aliphatic rings. The molecule has 0 fully saturated rings. The first kappa shape index (κ1) is 17.5. The van der Waals surface area contributed by atoms with Crippen molar-refractivity contribution in [1.29, 1.82) is 0 Å². The number of carbonyl (C=O) groups is 1. The van der Waals surface area contributed by atoms with Crippen LogP contribution >= 0.6 is 0 Å². The summed E-state index contributed by atoms with van der Waals surface area (Å²) >= 11 is 0. The van der Waals surface area contributed by atoms with E-state index in [2.05, 4.69) is 30.3 Å². The molecule has 0 spiro atoms. The zero-order valence-corrected chi connectivity index (χ0v) is 15.7. The van der Waals surface area contributed by atoms with Gasteiger partial charge in [-0.05, 0) is 51.4 Å². The number of rotatable bonds is 5. The van der Waals surface area contributed by atoms with E-state index in [0.29, 0.717) is 12.2 Å². The Morgan fingerprint density at radius 1 is 0.828 bits per heavy atom. The van der Waals surface area contributed by atoms with Gasteiger partial charge in [-0.3, -0.25) is 0 Å². The van der Waals surface area contributed by atoms with Crippen molar-refractivity contribution in [2.24, 2.45) is 0 Å². The van der Waals surface area contributed by atoms with Crippen molar-refractivity contribution in [2.45, 2.75) is 13.3 Å². The summed E-state index contributed by atoms with van der Waals surface area (Å²) in [5, 5.41) is 14.8. The van der Waals surface area contributed by atoms with Crippen LogP contribution in [0.3, 0.4) is 0 Å². The molecule has 1 aromatic heterocycles. The van der Waals surface area contributed by atoms with E-state index in [9.17, 15) is 9.90 Å². The molecule has 0 unspecified atom stereocenters. The molecule has 0 atom stereocenters. The quantitative estimate of drug-likeness (QED) is 0.390. The molecule has 4 nitrogen and oxygen atoms in total. The van der Waals surface area contributed by atoms with Crippen LogP contribution in [0.1, 0.15) is 15.9 Å². The van der Waals surface area contributed by atoms with Crippen molar-refractivity contribution in [3.05, 3.63) is 96.2 Å². The standard InChI is InChI=1S/C25H19NO3/c27-25(28)23-14-26(16-29-15-17-6-2-1-3-7-17)24-13-21-11-19-9-5-4-8-18(19)10-20(21)12-22(23)24/h1-14H,15-16H2,(H,27,28). The predicted molar refractivity (Wildman–Crippen MR) is 115 cm³/mol. The monoisotopic (exact) mass is 381 g/mol. The lowest BCUT2D eigenvalue weighted by atomic mass is 10.0. The molecule has 0 bridgehead atoms. The molecule has 5 aromatic rings.